The average molecular weight is 182 g/mol. The van der Waals surface area contributed by atoms with Crippen LogP contribution in [0, 0.1) is 11.8 Å². The van der Waals surface area contributed by atoms with E-state index in [1.165, 1.54) is 32.1 Å². The van der Waals surface area contributed by atoms with Gasteiger partial charge in [-0.3, -0.25) is 4.79 Å². The van der Waals surface area contributed by atoms with Crippen molar-refractivity contribution in [3.63, 3.8) is 0 Å². The lowest BCUT2D eigenvalue weighted by molar-refractivity contribution is -0.143. The van der Waals surface area contributed by atoms with Crippen molar-refractivity contribution in [2.75, 3.05) is 0 Å². The summed E-state index contributed by atoms with van der Waals surface area (Å²) in [5, 5.41) is 0. The van der Waals surface area contributed by atoms with Gasteiger partial charge in [0, 0.05) is 5.92 Å². The highest BCUT2D eigenvalue weighted by molar-refractivity contribution is 5.72. The summed E-state index contributed by atoms with van der Waals surface area (Å²) >= 11 is 0. The summed E-state index contributed by atoms with van der Waals surface area (Å²) < 4.78 is 5.37. The van der Waals surface area contributed by atoms with Gasteiger partial charge in [-0.2, -0.15) is 0 Å². The minimum atomic E-state index is 0.0167. The highest BCUT2D eigenvalue weighted by atomic mass is 16.6. The fourth-order valence-electron chi connectivity index (χ4n) is 2.72. The molecule has 1 aliphatic heterocycles. The maximum absolute atomic E-state index is 11.1. The number of carbonyl (C=O) groups is 1. The van der Waals surface area contributed by atoms with Gasteiger partial charge < -0.3 is 4.74 Å². The molecule has 1 saturated carbocycles. The minimum absolute atomic E-state index is 0.0167. The van der Waals surface area contributed by atoms with Gasteiger partial charge >= 0.3 is 5.97 Å². The molecule has 1 aliphatic carbocycles. The van der Waals surface area contributed by atoms with Gasteiger partial charge in [0.05, 0.1) is 6.42 Å². The van der Waals surface area contributed by atoms with Gasteiger partial charge in [-0.25, -0.2) is 0 Å². The molecule has 0 aromatic rings. The Bertz CT molecular complexity index is 194. The first-order chi connectivity index (χ1) is 6.27. The molecule has 2 heteroatoms. The normalized spacial score (nSPS) is 36.2. The summed E-state index contributed by atoms with van der Waals surface area (Å²) in [5.74, 6) is 1.13. The van der Waals surface area contributed by atoms with Gasteiger partial charge in [0.15, 0.2) is 0 Å². The van der Waals surface area contributed by atoms with Crippen LogP contribution in [0.25, 0.3) is 0 Å². The van der Waals surface area contributed by atoms with E-state index in [0.29, 0.717) is 18.3 Å². The van der Waals surface area contributed by atoms with Crippen LogP contribution in [-0.4, -0.2) is 12.1 Å². The largest absolute Gasteiger partial charge is 0.462 e. The van der Waals surface area contributed by atoms with Crippen LogP contribution in [0.15, 0.2) is 0 Å². The molecule has 0 aromatic carbocycles. The summed E-state index contributed by atoms with van der Waals surface area (Å²) in [5.41, 5.74) is 0. The van der Waals surface area contributed by atoms with E-state index >= 15 is 0 Å². The lowest BCUT2D eigenvalue weighted by atomic mass is 9.81. The van der Waals surface area contributed by atoms with Crippen LogP contribution in [-0.2, 0) is 9.53 Å². The van der Waals surface area contributed by atoms with E-state index in [1.807, 2.05) is 0 Å². The zero-order valence-electron chi connectivity index (χ0n) is 8.29. The zero-order chi connectivity index (χ0) is 9.26. The molecular formula is C11H18O2. The summed E-state index contributed by atoms with van der Waals surface area (Å²) in [7, 11) is 0. The van der Waals surface area contributed by atoms with Crippen molar-refractivity contribution in [2.24, 2.45) is 11.8 Å². The third-order valence-corrected chi connectivity index (χ3v) is 3.43. The van der Waals surface area contributed by atoms with E-state index in [-0.39, 0.29) is 12.1 Å². The first-order valence-corrected chi connectivity index (χ1v) is 5.47. The molecule has 13 heavy (non-hydrogen) atoms. The molecule has 2 rings (SSSR count). The van der Waals surface area contributed by atoms with Gasteiger partial charge in [-0.1, -0.05) is 26.2 Å². The molecule has 2 atom stereocenters. The van der Waals surface area contributed by atoms with Crippen molar-refractivity contribution in [3.05, 3.63) is 0 Å². The van der Waals surface area contributed by atoms with Crippen molar-refractivity contribution in [3.8, 4) is 0 Å². The molecule has 0 N–H and O–H groups in total. The van der Waals surface area contributed by atoms with Gasteiger partial charge in [0.2, 0.25) is 0 Å². The molecule has 2 unspecified atom stereocenters. The Kier molecular flexibility index (Phi) is 2.56. The van der Waals surface area contributed by atoms with Crippen LogP contribution in [0.1, 0.15) is 45.4 Å². The quantitative estimate of drug-likeness (QED) is 0.582. The smallest absolute Gasteiger partial charge is 0.306 e. The van der Waals surface area contributed by atoms with Crippen LogP contribution in [0.4, 0.5) is 0 Å². The lowest BCUT2D eigenvalue weighted by Gasteiger charge is -2.28. The first kappa shape index (κ1) is 9.04. The van der Waals surface area contributed by atoms with E-state index < -0.39 is 0 Å². The van der Waals surface area contributed by atoms with E-state index in [0.717, 1.165) is 0 Å². The lowest BCUT2D eigenvalue weighted by Crippen LogP contribution is -2.27. The third kappa shape index (κ3) is 1.87. The molecule has 2 fully saturated rings. The Balaban J connectivity index is 1.95. The Hall–Kier alpha value is -0.530. The average Bonchev–Trinajstić information content (AvgIpc) is 2.47. The molecule has 1 heterocycles. The number of ether oxygens (including phenoxy) is 1. The van der Waals surface area contributed by atoms with Gasteiger partial charge in [-0.15, -0.1) is 0 Å². The number of hydrogen-bond donors (Lipinski definition) is 0. The molecule has 0 radical (unpaired) electrons. The summed E-state index contributed by atoms with van der Waals surface area (Å²) in [6.45, 7) is 2.14. The molecule has 74 valence electrons. The second kappa shape index (κ2) is 3.69. The van der Waals surface area contributed by atoms with Gasteiger partial charge in [0.25, 0.3) is 0 Å². The number of rotatable bonds is 1. The SMILES string of the molecule is CC1CC(=O)OC1C1CCCCC1. The van der Waals surface area contributed by atoms with Crippen LogP contribution in [0.5, 0.6) is 0 Å². The second-order valence-electron chi connectivity index (χ2n) is 4.53. The predicted octanol–water partition coefficient (Wildman–Crippen LogP) is 2.52. The highest BCUT2D eigenvalue weighted by Crippen LogP contribution is 2.35. The van der Waals surface area contributed by atoms with E-state index in [4.69, 9.17) is 4.74 Å². The van der Waals surface area contributed by atoms with E-state index in [2.05, 4.69) is 6.92 Å². The maximum atomic E-state index is 11.1. The summed E-state index contributed by atoms with van der Waals surface area (Å²) in [6.07, 6.45) is 7.43. The van der Waals surface area contributed by atoms with Crippen LogP contribution < -0.4 is 0 Å². The molecule has 0 aromatic heterocycles. The van der Waals surface area contributed by atoms with E-state index in [9.17, 15) is 4.79 Å². The second-order valence-corrected chi connectivity index (χ2v) is 4.53. The molecular weight excluding hydrogens is 164 g/mol. The fourth-order valence-corrected chi connectivity index (χ4v) is 2.72. The van der Waals surface area contributed by atoms with Crippen LogP contribution in [0.2, 0.25) is 0 Å². The minimum Gasteiger partial charge on any atom is -0.462 e. The fraction of sp³-hybridized carbons (Fsp3) is 0.909. The standard InChI is InChI=1S/C11H18O2/c1-8-7-10(12)13-11(8)9-5-3-2-4-6-9/h8-9,11H,2-7H2,1H3. The monoisotopic (exact) mass is 182 g/mol. The molecule has 0 amide bonds. The van der Waals surface area contributed by atoms with Gasteiger partial charge in [-0.05, 0) is 18.8 Å². The molecule has 0 spiro atoms. The molecule has 2 aliphatic rings. The molecule has 2 nitrogen and oxygen atoms in total. The number of esters is 1. The Morgan fingerprint density at radius 3 is 2.46 bits per heavy atom. The van der Waals surface area contributed by atoms with Crippen molar-refractivity contribution in [2.45, 2.75) is 51.6 Å². The first-order valence-electron chi connectivity index (χ1n) is 5.47. The predicted molar refractivity (Wildman–Crippen MR) is 50.2 cm³/mol. The number of carbonyl (C=O) groups excluding carboxylic acids is 1. The summed E-state index contributed by atoms with van der Waals surface area (Å²) in [6, 6.07) is 0. The molecule has 1 saturated heterocycles. The Morgan fingerprint density at radius 1 is 1.23 bits per heavy atom. The van der Waals surface area contributed by atoms with Crippen molar-refractivity contribution in [1.29, 1.82) is 0 Å². The summed E-state index contributed by atoms with van der Waals surface area (Å²) in [4.78, 5) is 11.1. The zero-order valence-corrected chi connectivity index (χ0v) is 8.29. The number of hydrogen-bond acceptors (Lipinski definition) is 2. The van der Waals surface area contributed by atoms with Crippen molar-refractivity contribution in [1.82, 2.24) is 0 Å². The molecule has 0 bridgehead atoms. The Labute approximate surface area is 79.7 Å². The van der Waals surface area contributed by atoms with Crippen molar-refractivity contribution >= 4 is 5.97 Å². The van der Waals surface area contributed by atoms with E-state index in [1.54, 1.807) is 0 Å². The number of cyclic esters (lactones) is 1. The van der Waals surface area contributed by atoms with Crippen LogP contribution >= 0.6 is 0 Å². The maximum Gasteiger partial charge on any atom is 0.306 e. The Morgan fingerprint density at radius 2 is 1.92 bits per heavy atom. The van der Waals surface area contributed by atoms with Crippen LogP contribution in [0.3, 0.4) is 0 Å². The third-order valence-electron chi connectivity index (χ3n) is 3.43. The van der Waals surface area contributed by atoms with Gasteiger partial charge in [0.1, 0.15) is 6.10 Å². The van der Waals surface area contributed by atoms with Crippen molar-refractivity contribution < 1.29 is 9.53 Å². The topological polar surface area (TPSA) is 26.3 Å². The highest BCUT2D eigenvalue weighted by Gasteiger charge is 2.37.